The van der Waals surface area contributed by atoms with E-state index >= 15 is 0 Å². The molecule has 1 saturated heterocycles. The minimum atomic E-state index is -3.46. The van der Waals surface area contributed by atoms with Crippen LogP contribution >= 0.6 is 11.3 Å². The molecule has 0 unspecified atom stereocenters. The van der Waals surface area contributed by atoms with E-state index in [9.17, 15) is 13.2 Å². The van der Waals surface area contributed by atoms with E-state index in [-0.39, 0.29) is 16.5 Å². The van der Waals surface area contributed by atoms with Gasteiger partial charge in [-0.25, -0.2) is 8.42 Å². The number of nitrogens with one attached hydrogen (secondary N) is 1. The van der Waals surface area contributed by atoms with Gasteiger partial charge in [0.15, 0.2) is 11.5 Å². The van der Waals surface area contributed by atoms with Crippen molar-refractivity contribution in [3.05, 3.63) is 35.2 Å². The molecule has 1 amide bonds. The molecule has 1 aliphatic rings. The van der Waals surface area contributed by atoms with Gasteiger partial charge in [0.2, 0.25) is 5.91 Å². The summed E-state index contributed by atoms with van der Waals surface area (Å²) in [5.74, 6) is 0.816. The van der Waals surface area contributed by atoms with Crippen molar-refractivity contribution >= 4 is 33.0 Å². The first-order valence-electron chi connectivity index (χ1n) is 9.62. The van der Waals surface area contributed by atoms with Crippen molar-refractivity contribution in [2.75, 3.05) is 45.8 Å². The van der Waals surface area contributed by atoms with Crippen molar-refractivity contribution in [2.24, 2.45) is 0 Å². The summed E-state index contributed by atoms with van der Waals surface area (Å²) in [6, 6.07) is 8.39. The number of nitrogens with zero attached hydrogens (tertiary/aromatic N) is 1. The number of ether oxygens (including phenoxy) is 3. The number of hydrogen-bond acceptors (Lipinski definition) is 7. The fourth-order valence-electron chi connectivity index (χ4n) is 3.11. The van der Waals surface area contributed by atoms with E-state index in [2.05, 4.69) is 5.32 Å². The van der Waals surface area contributed by atoms with Crippen LogP contribution in [0.15, 0.2) is 34.5 Å². The van der Waals surface area contributed by atoms with Gasteiger partial charge < -0.3 is 19.5 Å². The topological polar surface area (TPSA) is 94.2 Å². The van der Waals surface area contributed by atoms with Crippen LogP contribution in [0.4, 0.5) is 5.69 Å². The molecule has 0 saturated carbocycles. The van der Waals surface area contributed by atoms with Crippen molar-refractivity contribution < 1.29 is 27.4 Å². The molecular weight excluding hydrogens is 428 g/mol. The Hall–Kier alpha value is -2.14. The third-order valence-corrected chi connectivity index (χ3v) is 8.07. The summed E-state index contributed by atoms with van der Waals surface area (Å²) in [6.07, 6.45) is 1.86. The Kier molecular flexibility index (Phi) is 7.70. The van der Waals surface area contributed by atoms with E-state index in [0.29, 0.717) is 48.4 Å². The first-order valence-corrected chi connectivity index (χ1v) is 11.9. The highest BCUT2D eigenvalue weighted by Gasteiger charge is 2.28. The molecule has 1 N–H and O–H groups in total. The Morgan fingerprint density at radius 3 is 2.57 bits per heavy atom. The minimum Gasteiger partial charge on any atom is -0.493 e. The van der Waals surface area contributed by atoms with Gasteiger partial charge in [0.1, 0.15) is 10.8 Å². The van der Waals surface area contributed by atoms with Gasteiger partial charge in [-0.2, -0.15) is 4.31 Å². The number of rotatable bonds is 10. The second-order valence-corrected chi connectivity index (χ2v) is 10.1. The average Bonchev–Trinajstić information content (AvgIpc) is 3.41. The third-order valence-electron chi connectivity index (χ3n) is 4.62. The summed E-state index contributed by atoms with van der Waals surface area (Å²) in [5, 5.41) is 2.82. The molecule has 0 bridgehead atoms. The molecule has 2 heterocycles. The van der Waals surface area contributed by atoms with Crippen molar-refractivity contribution in [1.82, 2.24) is 4.31 Å². The zero-order chi connectivity index (χ0) is 21.6. The average molecular weight is 455 g/mol. The number of carbonyl (C=O) groups is 1. The number of anilines is 1. The summed E-state index contributed by atoms with van der Waals surface area (Å²) in [6.45, 7) is 1.90. The molecule has 10 heteroatoms. The van der Waals surface area contributed by atoms with Gasteiger partial charge in [0, 0.05) is 36.8 Å². The smallest absolute Gasteiger partial charge is 0.252 e. The van der Waals surface area contributed by atoms with Crippen molar-refractivity contribution in [3.63, 3.8) is 0 Å². The van der Waals surface area contributed by atoms with Gasteiger partial charge in [-0.05, 0) is 37.1 Å². The molecule has 1 aromatic carbocycles. The second kappa shape index (κ2) is 10.3. The zero-order valence-corrected chi connectivity index (χ0v) is 18.7. The lowest BCUT2D eigenvalue weighted by atomic mass is 10.2. The Balaban J connectivity index is 1.63. The van der Waals surface area contributed by atoms with Gasteiger partial charge >= 0.3 is 0 Å². The predicted octanol–water partition coefficient (Wildman–Crippen LogP) is 2.75. The maximum Gasteiger partial charge on any atom is 0.252 e. The number of thiophene rings is 1. The lowest BCUT2D eigenvalue weighted by molar-refractivity contribution is -0.115. The summed E-state index contributed by atoms with van der Waals surface area (Å²) in [7, 11) is -0.328. The highest BCUT2D eigenvalue weighted by atomic mass is 32.2. The van der Waals surface area contributed by atoms with E-state index in [1.807, 2.05) is 0 Å². The molecule has 8 nitrogen and oxygen atoms in total. The van der Waals surface area contributed by atoms with Crippen molar-refractivity contribution in [1.29, 1.82) is 0 Å². The van der Waals surface area contributed by atoms with E-state index < -0.39 is 10.0 Å². The fraction of sp³-hybridized carbons (Fsp3) is 0.450. The van der Waals surface area contributed by atoms with E-state index in [4.69, 9.17) is 14.2 Å². The maximum absolute atomic E-state index is 12.6. The molecule has 164 valence electrons. The number of carbonyl (C=O) groups excluding carboxylic acids is 1. The summed E-state index contributed by atoms with van der Waals surface area (Å²) >= 11 is 1.14. The lowest BCUT2D eigenvalue weighted by Gasteiger charge is -2.13. The maximum atomic E-state index is 12.6. The molecule has 30 heavy (non-hydrogen) atoms. The number of methoxy groups -OCH3 is 2. The fourth-order valence-corrected chi connectivity index (χ4v) is 6.14. The molecular formula is C20H26N2O6S2. The molecule has 1 fully saturated rings. The Morgan fingerprint density at radius 2 is 1.87 bits per heavy atom. The van der Waals surface area contributed by atoms with Crippen LogP contribution in [-0.4, -0.2) is 59.2 Å². The number of amides is 1. The van der Waals surface area contributed by atoms with E-state index in [1.54, 1.807) is 44.6 Å². The predicted molar refractivity (Wildman–Crippen MR) is 115 cm³/mol. The largest absolute Gasteiger partial charge is 0.493 e. The minimum absolute atomic E-state index is 0.0894. The quantitative estimate of drug-likeness (QED) is 0.555. The van der Waals surface area contributed by atoms with Crippen LogP contribution < -0.4 is 14.8 Å². The molecule has 0 atom stereocenters. The highest BCUT2D eigenvalue weighted by molar-refractivity contribution is 7.91. The first kappa shape index (κ1) is 22.5. The summed E-state index contributed by atoms with van der Waals surface area (Å²) < 4.78 is 42.9. The lowest BCUT2D eigenvalue weighted by Crippen LogP contribution is -2.27. The zero-order valence-electron chi connectivity index (χ0n) is 17.0. The Labute approximate surface area is 180 Å². The van der Waals surface area contributed by atoms with E-state index in [0.717, 1.165) is 24.2 Å². The number of benzene rings is 1. The van der Waals surface area contributed by atoms with Crippen molar-refractivity contribution in [3.8, 4) is 11.5 Å². The molecule has 3 rings (SSSR count). The van der Waals surface area contributed by atoms with Gasteiger partial charge in [0.05, 0.1) is 20.1 Å². The summed E-state index contributed by atoms with van der Waals surface area (Å²) in [4.78, 5) is 13.2. The number of sulfonamides is 1. The first-order chi connectivity index (χ1) is 14.4. The standard InChI is InChI=1S/C20H26N2O6S2/c1-26-11-12-28-18-13-15(5-7-17(18)27-2)21-19(23)14-16-6-8-20(29-16)30(24,25)22-9-3-4-10-22/h5-8,13H,3-4,9-12,14H2,1-2H3,(H,21,23). The molecule has 2 aromatic rings. The van der Waals surface area contributed by atoms with Crippen LogP contribution in [0.2, 0.25) is 0 Å². The highest BCUT2D eigenvalue weighted by Crippen LogP contribution is 2.31. The van der Waals surface area contributed by atoms with Crippen LogP contribution in [0, 0.1) is 0 Å². The molecule has 0 spiro atoms. The third kappa shape index (κ3) is 5.51. The van der Waals surface area contributed by atoms with Crippen LogP contribution in [0.3, 0.4) is 0 Å². The normalized spacial score (nSPS) is 14.6. The molecule has 1 aliphatic heterocycles. The van der Waals surface area contributed by atoms with Gasteiger partial charge in [0.25, 0.3) is 10.0 Å². The van der Waals surface area contributed by atoms with Gasteiger partial charge in [-0.15, -0.1) is 11.3 Å². The monoisotopic (exact) mass is 454 g/mol. The Bertz CT molecular complexity index is 967. The van der Waals surface area contributed by atoms with Crippen LogP contribution in [0.1, 0.15) is 17.7 Å². The summed E-state index contributed by atoms with van der Waals surface area (Å²) in [5.41, 5.74) is 0.565. The molecule has 1 aromatic heterocycles. The van der Waals surface area contributed by atoms with Crippen molar-refractivity contribution in [2.45, 2.75) is 23.5 Å². The molecule has 0 aliphatic carbocycles. The Morgan fingerprint density at radius 1 is 1.10 bits per heavy atom. The van der Waals surface area contributed by atoms with Crippen LogP contribution in [0.5, 0.6) is 11.5 Å². The molecule has 0 radical (unpaired) electrons. The van der Waals surface area contributed by atoms with Gasteiger partial charge in [-0.1, -0.05) is 0 Å². The number of hydrogen-bond donors (Lipinski definition) is 1. The SMILES string of the molecule is COCCOc1cc(NC(=O)Cc2ccc(S(=O)(=O)N3CCCC3)s2)ccc1OC. The van der Waals surface area contributed by atoms with Crippen LogP contribution in [-0.2, 0) is 26.0 Å². The van der Waals surface area contributed by atoms with Gasteiger partial charge in [-0.3, -0.25) is 4.79 Å². The van der Waals surface area contributed by atoms with E-state index in [1.165, 1.54) is 4.31 Å². The second-order valence-electron chi connectivity index (χ2n) is 6.76. The van der Waals surface area contributed by atoms with Crippen LogP contribution in [0.25, 0.3) is 0 Å².